The average molecular weight is 482 g/mol. The molecule has 0 amide bonds. The van der Waals surface area contributed by atoms with Crippen LogP contribution in [0.2, 0.25) is 0 Å². The zero-order valence-electron chi connectivity index (χ0n) is 15.8. The van der Waals surface area contributed by atoms with Crippen molar-refractivity contribution in [3.63, 3.8) is 0 Å². The van der Waals surface area contributed by atoms with Gasteiger partial charge < -0.3 is 19.8 Å². The van der Waals surface area contributed by atoms with E-state index in [1.165, 1.54) is 12.0 Å². The van der Waals surface area contributed by atoms with Crippen LogP contribution in [0, 0.1) is 6.92 Å². The Kier molecular flexibility index (Phi) is 6.75. The van der Waals surface area contributed by atoms with Crippen molar-refractivity contribution in [1.29, 1.82) is 0 Å². The first-order chi connectivity index (χ1) is 12.7. The van der Waals surface area contributed by atoms with Crippen molar-refractivity contribution < 1.29 is 9.15 Å². The highest BCUT2D eigenvalue weighted by atomic mass is 127. The van der Waals surface area contributed by atoms with E-state index in [0.717, 1.165) is 36.6 Å². The first kappa shape index (κ1) is 20.1. The molecule has 2 fully saturated rings. The molecule has 3 atom stereocenters. The molecule has 4 rings (SSSR count). The van der Waals surface area contributed by atoms with Crippen molar-refractivity contribution >= 4 is 29.9 Å². The van der Waals surface area contributed by atoms with Gasteiger partial charge in [-0.3, -0.25) is 0 Å². The summed E-state index contributed by atoms with van der Waals surface area (Å²) in [6.45, 7) is 5.43. The Morgan fingerprint density at radius 1 is 1.26 bits per heavy atom. The summed E-state index contributed by atoms with van der Waals surface area (Å²) in [5.74, 6) is 1.45. The van der Waals surface area contributed by atoms with E-state index in [9.17, 15) is 0 Å². The molecule has 2 aromatic rings. The van der Waals surface area contributed by atoms with E-state index in [0.29, 0.717) is 30.7 Å². The number of benzene rings is 1. The van der Waals surface area contributed by atoms with Crippen LogP contribution in [-0.4, -0.2) is 35.7 Å². The lowest BCUT2D eigenvalue weighted by Gasteiger charge is -2.22. The number of hydrogen-bond acceptors (Lipinski definition) is 4. The van der Waals surface area contributed by atoms with Gasteiger partial charge in [-0.05, 0) is 45.2 Å². The number of guanidine groups is 1. The number of halogens is 1. The van der Waals surface area contributed by atoms with E-state index >= 15 is 0 Å². The van der Waals surface area contributed by atoms with Crippen molar-refractivity contribution in [3.05, 3.63) is 41.8 Å². The van der Waals surface area contributed by atoms with Gasteiger partial charge in [0.15, 0.2) is 5.96 Å². The van der Waals surface area contributed by atoms with Crippen molar-refractivity contribution in [2.75, 3.05) is 6.54 Å². The third kappa shape index (κ3) is 4.82. The van der Waals surface area contributed by atoms with Crippen LogP contribution in [0.15, 0.2) is 39.9 Å². The fraction of sp³-hybridized carbons (Fsp3) is 0.500. The van der Waals surface area contributed by atoms with Crippen LogP contribution in [0.5, 0.6) is 0 Å². The number of nitrogens with one attached hydrogen (secondary N) is 2. The maximum atomic E-state index is 5.91. The van der Waals surface area contributed by atoms with Crippen LogP contribution in [-0.2, 0) is 11.3 Å². The number of aryl methyl sites for hydroxylation is 1. The minimum atomic E-state index is 0. The highest BCUT2D eigenvalue weighted by molar-refractivity contribution is 14.0. The molecule has 0 aliphatic carbocycles. The van der Waals surface area contributed by atoms with Crippen LogP contribution >= 0.6 is 24.0 Å². The van der Waals surface area contributed by atoms with Crippen molar-refractivity contribution in [3.8, 4) is 11.5 Å². The van der Waals surface area contributed by atoms with Gasteiger partial charge in [0, 0.05) is 12.1 Å². The maximum absolute atomic E-state index is 5.91. The second-order valence-corrected chi connectivity index (χ2v) is 7.07. The van der Waals surface area contributed by atoms with Gasteiger partial charge in [-0.2, -0.15) is 0 Å². The van der Waals surface area contributed by atoms with Crippen LogP contribution in [0.25, 0.3) is 11.5 Å². The number of aromatic nitrogens is 1. The lowest BCUT2D eigenvalue weighted by Crippen LogP contribution is -2.47. The SMILES string of the molecule is CCNC(=NCc1coc(-c2ccc(C)cc2)n1)NC1CC2CCC1O2.I. The smallest absolute Gasteiger partial charge is 0.226 e. The topological polar surface area (TPSA) is 71.7 Å². The monoisotopic (exact) mass is 482 g/mol. The molecule has 2 aliphatic rings. The molecule has 3 heterocycles. The molecule has 2 aliphatic heterocycles. The molecule has 2 saturated heterocycles. The molecule has 0 spiro atoms. The molecule has 27 heavy (non-hydrogen) atoms. The Hall–Kier alpha value is -1.61. The van der Waals surface area contributed by atoms with Crippen LogP contribution in [0.3, 0.4) is 0 Å². The number of ether oxygens (including phenoxy) is 1. The molecule has 146 valence electrons. The van der Waals surface area contributed by atoms with Gasteiger partial charge in [0.1, 0.15) is 12.0 Å². The van der Waals surface area contributed by atoms with Crippen LogP contribution in [0.4, 0.5) is 0 Å². The van der Waals surface area contributed by atoms with Gasteiger partial charge in [0.25, 0.3) is 0 Å². The molecular formula is C20H27IN4O2. The maximum Gasteiger partial charge on any atom is 0.226 e. The molecular weight excluding hydrogens is 455 g/mol. The minimum absolute atomic E-state index is 0. The molecule has 0 saturated carbocycles. The highest BCUT2D eigenvalue weighted by Gasteiger charge is 2.41. The fourth-order valence-electron chi connectivity index (χ4n) is 3.65. The first-order valence-electron chi connectivity index (χ1n) is 9.43. The van der Waals surface area contributed by atoms with Crippen molar-refractivity contribution in [2.24, 2.45) is 4.99 Å². The van der Waals surface area contributed by atoms with Gasteiger partial charge in [0.05, 0.1) is 24.8 Å². The van der Waals surface area contributed by atoms with Gasteiger partial charge in [-0.15, -0.1) is 24.0 Å². The highest BCUT2D eigenvalue weighted by Crippen LogP contribution is 2.34. The molecule has 2 N–H and O–H groups in total. The van der Waals surface area contributed by atoms with E-state index in [2.05, 4.69) is 46.6 Å². The Balaban J connectivity index is 0.00000210. The zero-order valence-corrected chi connectivity index (χ0v) is 18.1. The lowest BCUT2D eigenvalue weighted by atomic mass is 9.96. The molecule has 3 unspecified atom stereocenters. The third-order valence-corrected chi connectivity index (χ3v) is 5.02. The second kappa shape index (κ2) is 9.05. The average Bonchev–Trinajstić information content (AvgIpc) is 3.37. The van der Waals surface area contributed by atoms with E-state index in [-0.39, 0.29) is 24.0 Å². The largest absolute Gasteiger partial charge is 0.444 e. The predicted molar refractivity (Wildman–Crippen MR) is 116 cm³/mol. The zero-order chi connectivity index (χ0) is 17.9. The normalized spacial score (nSPS) is 23.9. The van der Waals surface area contributed by atoms with Gasteiger partial charge in [-0.25, -0.2) is 9.98 Å². The summed E-state index contributed by atoms with van der Waals surface area (Å²) in [5.41, 5.74) is 3.02. The number of aliphatic imine (C=N–C) groups is 1. The predicted octanol–water partition coefficient (Wildman–Crippen LogP) is 3.64. The fourth-order valence-corrected chi connectivity index (χ4v) is 3.65. The molecule has 7 heteroatoms. The summed E-state index contributed by atoms with van der Waals surface area (Å²) in [7, 11) is 0. The molecule has 2 bridgehead atoms. The van der Waals surface area contributed by atoms with E-state index in [1.807, 2.05) is 12.1 Å². The van der Waals surface area contributed by atoms with Crippen LogP contribution < -0.4 is 10.6 Å². The summed E-state index contributed by atoms with van der Waals surface area (Å²) in [6.07, 6.45) is 5.83. The number of fused-ring (bicyclic) bond motifs is 2. The molecule has 6 nitrogen and oxygen atoms in total. The molecule has 1 aromatic carbocycles. The summed E-state index contributed by atoms with van der Waals surface area (Å²) in [5, 5.41) is 6.83. The lowest BCUT2D eigenvalue weighted by molar-refractivity contribution is 0.0992. The number of hydrogen-bond donors (Lipinski definition) is 2. The Bertz CT molecular complexity index is 775. The quantitative estimate of drug-likeness (QED) is 0.387. The number of nitrogens with zero attached hydrogens (tertiary/aromatic N) is 2. The third-order valence-electron chi connectivity index (χ3n) is 5.02. The standard InChI is InChI=1S/C20H26N4O2.HI/c1-3-21-20(24-17-10-16-8-9-18(17)26-16)22-11-15-12-25-19(23-15)14-6-4-13(2)5-7-14;/h4-7,12,16-18H,3,8-11H2,1-2H3,(H2,21,22,24);1H. The summed E-state index contributed by atoms with van der Waals surface area (Å²) in [6, 6.07) is 8.51. The van der Waals surface area contributed by atoms with E-state index in [4.69, 9.17) is 9.15 Å². The number of rotatable bonds is 5. The van der Waals surface area contributed by atoms with Gasteiger partial charge >= 0.3 is 0 Å². The Morgan fingerprint density at radius 2 is 2.07 bits per heavy atom. The van der Waals surface area contributed by atoms with E-state index < -0.39 is 0 Å². The Morgan fingerprint density at radius 3 is 2.74 bits per heavy atom. The van der Waals surface area contributed by atoms with Crippen LogP contribution in [0.1, 0.15) is 37.4 Å². The minimum Gasteiger partial charge on any atom is -0.444 e. The second-order valence-electron chi connectivity index (χ2n) is 7.07. The molecule has 0 radical (unpaired) electrons. The van der Waals surface area contributed by atoms with Gasteiger partial charge in [-0.1, -0.05) is 17.7 Å². The first-order valence-corrected chi connectivity index (χ1v) is 9.43. The van der Waals surface area contributed by atoms with Gasteiger partial charge in [0.2, 0.25) is 5.89 Å². The van der Waals surface area contributed by atoms with E-state index in [1.54, 1.807) is 6.26 Å². The van der Waals surface area contributed by atoms with Crippen molar-refractivity contribution in [1.82, 2.24) is 15.6 Å². The van der Waals surface area contributed by atoms with Crippen molar-refractivity contribution in [2.45, 2.75) is 57.9 Å². The summed E-state index contributed by atoms with van der Waals surface area (Å²) in [4.78, 5) is 9.23. The Labute approximate surface area is 177 Å². The summed E-state index contributed by atoms with van der Waals surface area (Å²) < 4.78 is 11.5. The summed E-state index contributed by atoms with van der Waals surface area (Å²) >= 11 is 0. The number of oxazole rings is 1. The molecule has 1 aromatic heterocycles.